The van der Waals surface area contributed by atoms with E-state index in [1.807, 2.05) is 0 Å². The zero-order chi connectivity index (χ0) is 19.3. The molecule has 0 saturated heterocycles. The molecule has 0 radical (unpaired) electrons. The van der Waals surface area contributed by atoms with Crippen LogP contribution in [0.2, 0.25) is 0 Å². The molecule has 14 heteroatoms. The minimum atomic E-state index is -5.21. The molecule has 0 aliphatic heterocycles. The number of hydrogen-bond donors (Lipinski definition) is 2. The molecular weight excluding hydrogens is 424 g/mol. The molecule has 2 N–H and O–H groups in total. The molecular formula is C13H15NNa2O9S2. The molecule has 1 rings (SSSR count). The van der Waals surface area contributed by atoms with Crippen LogP contribution in [0.1, 0.15) is 12.8 Å². The van der Waals surface area contributed by atoms with E-state index in [0.29, 0.717) is 31.5 Å². The number of rotatable bonds is 9. The summed E-state index contributed by atoms with van der Waals surface area (Å²) in [4.78, 5) is 8.69. The van der Waals surface area contributed by atoms with Crippen LogP contribution >= 0.6 is 0 Å². The molecule has 0 saturated carbocycles. The number of unbranched alkanes of at least 4 members (excludes halogenated alkanes) is 1. The molecule has 140 valence electrons. The third kappa shape index (κ3) is 9.74. The number of hydrogen-bond acceptors (Lipinski definition) is 9. The summed E-state index contributed by atoms with van der Waals surface area (Å²) >= 11 is 0. The van der Waals surface area contributed by atoms with Crippen LogP contribution in [-0.2, 0) is 25.0 Å². The topological polar surface area (TPSA) is 173 Å². The van der Waals surface area contributed by atoms with Crippen LogP contribution in [0.4, 0.5) is 0 Å². The van der Waals surface area contributed by atoms with Gasteiger partial charge in [-0.3, -0.25) is 4.79 Å². The summed E-state index contributed by atoms with van der Waals surface area (Å²) in [6.45, 7) is 3.42. The van der Waals surface area contributed by atoms with E-state index in [1.165, 1.54) is 0 Å². The van der Waals surface area contributed by atoms with E-state index in [-0.39, 0.29) is 71.6 Å². The predicted molar refractivity (Wildman–Crippen MR) is 82.0 cm³/mol. The molecule has 1 amide bonds. The Labute approximate surface area is 201 Å². The van der Waals surface area contributed by atoms with Crippen molar-refractivity contribution in [3.05, 3.63) is 24.8 Å². The van der Waals surface area contributed by atoms with E-state index < -0.39 is 41.5 Å². The second-order valence-electron chi connectivity index (χ2n) is 4.73. The first kappa shape index (κ1) is 29.1. The summed E-state index contributed by atoms with van der Waals surface area (Å²) in [6, 6.07) is 0.834. The fourth-order valence-electron chi connectivity index (χ4n) is 1.72. The SMILES string of the molecule is C=CC(=O)NCCCCOc1c(O)cc(S(=O)(=O)[O-])cc1S(=O)(=O)[O-].[Na+].[Na+]. The fourth-order valence-corrected chi connectivity index (χ4v) is 2.98. The van der Waals surface area contributed by atoms with Crippen LogP contribution in [0, 0.1) is 0 Å². The van der Waals surface area contributed by atoms with Crippen molar-refractivity contribution < 1.29 is 99.7 Å². The standard InChI is InChI=1S/C13H17NO9S2.2Na/c1-2-12(16)14-5-3-4-6-23-13-10(15)7-9(24(17,18)19)8-11(13)25(20,21)22;;/h2,7-8,15H,1,3-6H2,(H,14,16)(H,17,18,19)(H,20,21,22);;/q;2*+1/p-2. The van der Waals surface area contributed by atoms with Gasteiger partial charge < -0.3 is 24.3 Å². The molecule has 1 aromatic carbocycles. The Kier molecular flexibility index (Phi) is 13.4. The first-order valence-electron chi connectivity index (χ1n) is 6.78. The van der Waals surface area contributed by atoms with E-state index in [0.717, 1.165) is 6.08 Å². The zero-order valence-electron chi connectivity index (χ0n) is 14.8. The molecule has 1 aromatic rings. The molecule has 27 heavy (non-hydrogen) atoms. The van der Waals surface area contributed by atoms with Crippen LogP contribution < -0.4 is 69.2 Å². The summed E-state index contributed by atoms with van der Waals surface area (Å²) < 4.78 is 71.5. The van der Waals surface area contributed by atoms with Gasteiger partial charge in [0, 0.05) is 12.6 Å². The largest absolute Gasteiger partial charge is 1.00 e. The molecule has 0 unspecified atom stereocenters. The van der Waals surface area contributed by atoms with E-state index in [9.17, 15) is 35.8 Å². The predicted octanol–water partition coefficient (Wildman–Crippen LogP) is -6.33. The Balaban J connectivity index is 0. The van der Waals surface area contributed by atoms with Gasteiger partial charge in [-0.05, 0) is 25.0 Å². The minimum Gasteiger partial charge on any atom is -0.744 e. The van der Waals surface area contributed by atoms with E-state index in [2.05, 4.69) is 11.9 Å². The molecule has 0 spiro atoms. The summed E-state index contributed by atoms with van der Waals surface area (Å²) in [5.74, 6) is -2.07. The number of aromatic hydroxyl groups is 1. The second-order valence-corrected chi connectivity index (χ2v) is 7.46. The van der Waals surface area contributed by atoms with Gasteiger partial charge in [-0.25, -0.2) is 16.8 Å². The van der Waals surface area contributed by atoms with Gasteiger partial charge in [-0.15, -0.1) is 0 Å². The van der Waals surface area contributed by atoms with Gasteiger partial charge in [-0.2, -0.15) is 0 Å². The monoisotopic (exact) mass is 439 g/mol. The number of nitrogens with one attached hydrogen (secondary N) is 1. The molecule has 0 bridgehead atoms. The molecule has 0 heterocycles. The third-order valence-corrected chi connectivity index (χ3v) is 4.52. The zero-order valence-corrected chi connectivity index (χ0v) is 20.4. The maximum absolute atomic E-state index is 11.2. The average Bonchev–Trinajstić information content (AvgIpc) is 2.49. The number of ether oxygens (including phenoxy) is 1. The smallest absolute Gasteiger partial charge is 0.744 e. The van der Waals surface area contributed by atoms with Gasteiger partial charge in [0.05, 0.1) is 11.5 Å². The quantitative estimate of drug-likeness (QED) is 0.164. The van der Waals surface area contributed by atoms with Crippen molar-refractivity contribution >= 4 is 26.1 Å². The van der Waals surface area contributed by atoms with Crippen LogP contribution in [0.5, 0.6) is 11.5 Å². The maximum Gasteiger partial charge on any atom is 1.00 e. The molecule has 0 aliphatic carbocycles. The van der Waals surface area contributed by atoms with Gasteiger partial charge in [0.1, 0.15) is 25.1 Å². The van der Waals surface area contributed by atoms with Crippen LogP contribution in [0.3, 0.4) is 0 Å². The van der Waals surface area contributed by atoms with Gasteiger partial charge in [0.2, 0.25) is 5.91 Å². The van der Waals surface area contributed by atoms with Gasteiger partial charge in [0.25, 0.3) is 0 Å². The third-order valence-electron chi connectivity index (χ3n) is 2.87. The number of benzene rings is 1. The Bertz CT molecular complexity index is 870. The summed E-state index contributed by atoms with van der Waals surface area (Å²) in [5.41, 5.74) is 0. The Morgan fingerprint density at radius 3 is 2.22 bits per heavy atom. The van der Waals surface area contributed by atoms with E-state index in [4.69, 9.17) is 4.74 Å². The first-order valence-corrected chi connectivity index (χ1v) is 9.60. The number of phenols is 1. The molecule has 0 fully saturated rings. The number of carbonyl (C=O) groups excluding carboxylic acids is 1. The van der Waals surface area contributed by atoms with E-state index in [1.54, 1.807) is 0 Å². The van der Waals surface area contributed by atoms with Crippen LogP contribution in [0.15, 0.2) is 34.6 Å². The summed E-state index contributed by atoms with van der Waals surface area (Å²) in [6.07, 6.45) is 1.84. The first-order chi connectivity index (χ1) is 11.5. The van der Waals surface area contributed by atoms with Crippen LogP contribution in [-0.4, -0.2) is 50.1 Å². The van der Waals surface area contributed by atoms with Crippen molar-refractivity contribution in [2.24, 2.45) is 0 Å². The average molecular weight is 439 g/mol. The second kappa shape index (κ2) is 12.4. The molecule has 0 atom stereocenters. The van der Waals surface area contributed by atoms with Crippen molar-refractivity contribution in [1.29, 1.82) is 0 Å². The molecule has 0 aromatic heterocycles. The minimum absolute atomic E-state index is 0. The molecule has 10 nitrogen and oxygen atoms in total. The van der Waals surface area contributed by atoms with Crippen molar-refractivity contribution in [2.75, 3.05) is 13.2 Å². The maximum atomic E-state index is 11.2. The van der Waals surface area contributed by atoms with Crippen molar-refractivity contribution in [1.82, 2.24) is 5.32 Å². The van der Waals surface area contributed by atoms with Crippen molar-refractivity contribution in [2.45, 2.75) is 22.6 Å². The number of phenolic OH excluding ortho intramolecular Hbond substituents is 1. The van der Waals surface area contributed by atoms with Crippen LogP contribution in [0.25, 0.3) is 0 Å². The van der Waals surface area contributed by atoms with Crippen molar-refractivity contribution in [3.63, 3.8) is 0 Å². The Morgan fingerprint density at radius 2 is 1.74 bits per heavy atom. The summed E-state index contributed by atoms with van der Waals surface area (Å²) in [5, 5.41) is 12.2. The molecule has 0 aliphatic rings. The normalized spacial score (nSPS) is 10.9. The van der Waals surface area contributed by atoms with Gasteiger partial charge >= 0.3 is 59.1 Å². The Morgan fingerprint density at radius 1 is 1.15 bits per heavy atom. The summed E-state index contributed by atoms with van der Waals surface area (Å²) in [7, 11) is -10.3. The van der Waals surface area contributed by atoms with Gasteiger partial charge in [0.15, 0.2) is 11.5 Å². The fraction of sp³-hybridized carbons (Fsp3) is 0.308. The van der Waals surface area contributed by atoms with E-state index >= 15 is 0 Å². The van der Waals surface area contributed by atoms with Crippen molar-refractivity contribution in [3.8, 4) is 11.5 Å². The Hall–Kier alpha value is -0.150. The number of amides is 1. The van der Waals surface area contributed by atoms with Gasteiger partial charge in [-0.1, -0.05) is 6.58 Å². The number of carbonyl (C=O) groups is 1.